The number of carbonyl (C=O) groups is 2. The Kier molecular flexibility index (Phi) is 5.43. The van der Waals surface area contributed by atoms with E-state index in [0.717, 1.165) is 31.2 Å². The number of likely N-dealkylation sites (tertiary alicyclic amines) is 1. The van der Waals surface area contributed by atoms with E-state index in [1.807, 2.05) is 0 Å². The van der Waals surface area contributed by atoms with Crippen LogP contribution in [0.1, 0.15) is 22.8 Å². The molecule has 1 saturated heterocycles. The van der Waals surface area contributed by atoms with Crippen LogP contribution in [0.2, 0.25) is 0 Å². The van der Waals surface area contributed by atoms with Gasteiger partial charge < -0.3 is 4.90 Å². The normalized spacial score (nSPS) is 27.2. The van der Waals surface area contributed by atoms with Gasteiger partial charge in [0, 0.05) is 18.4 Å². The summed E-state index contributed by atoms with van der Waals surface area (Å²) in [5.41, 5.74) is -0.336. The molecule has 0 aliphatic carbocycles. The Morgan fingerprint density at radius 3 is 2.16 bits per heavy atom. The van der Waals surface area contributed by atoms with Crippen molar-refractivity contribution in [3.05, 3.63) is 35.4 Å². The fourth-order valence-electron chi connectivity index (χ4n) is 2.77. The van der Waals surface area contributed by atoms with Crippen LogP contribution in [0, 0.1) is 5.92 Å². The number of piperidine rings is 1. The molecule has 0 radical (unpaired) electrons. The van der Waals surface area contributed by atoms with Crippen LogP contribution in [0.25, 0.3) is 0 Å². The van der Waals surface area contributed by atoms with Gasteiger partial charge in [0.05, 0.1) is 6.54 Å². The first kappa shape index (κ1) is 19.3. The molecule has 0 aromatic heterocycles. The largest absolute Gasteiger partial charge is 0.454 e. The summed E-state index contributed by atoms with van der Waals surface area (Å²) in [5.74, 6) is -4.19. The molecule has 3 nitrogen and oxygen atoms in total. The average molecular weight is 367 g/mol. The van der Waals surface area contributed by atoms with Gasteiger partial charge in [-0.3, -0.25) is 9.59 Å². The van der Waals surface area contributed by atoms with Gasteiger partial charge in [-0.15, -0.1) is 0 Å². The highest BCUT2D eigenvalue weighted by molar-refractivity contribution is 6.00. The maximum absolute atomic E-state index is 14.1. The number of benzene rings is 1. The van der Waals surface area contributed by atoms with E-state index in [4.69, 9.17) is 0 Å². The van der Waals surface area contributed by atoms with E-state index in [0.29, 0.717) is 4.90 Å². The Balaban J connectivity index is 2.12. The molecular weight excluding hydrogens is 352 g/mol. The summed E-state index contributed by atoms with van der Waals surface area (Å²) < 4.78 is 79.2. The molecule has 25 heavy (non-hydrogen) atoms. The lowest BCUT2D eigenvalue weighted by molar-refractivity contribution is -0.149. The molecule has 0 N–H and O–H groups in total. The topological polar surface area (TPSA) is 37.4 Å². The smallest absolute Gasteiger partial charge is 0.307 e. The van der Waals surface area contributed by atoms with Gasteiger partial charge in [-0.1, -0.05) is 24.3 Å². The van der Waals surface area contributed by atoms with Crippen molar-refractivity contribution in [2.24, 2.45) is 5.92 Å². The number of nitrogens with zero attached hydrogens (tertiary/aromatic N) is 1. The molecule has 1 aromatic rings. The Morgan fingerprint density at radius 1 is 1.12 bits per heavy atom. The summed E-state index contributed by atoms with van der Waals surface area (Å²) in [5, 5.41) is 0. The molecule has 1 fully saturated rings. The lowest BCUT2D eigenvalue weighted by Crippen LogP contribution is -2.56. The van der Waals surface area contributed by atoms with Crippen molar-refractivity contribution in [1.82, 2.24) is 4.90 Å². The Bertz CT molecular complexity index is 645. The van der Waals surface area contributed by atoms with Gasteiger partial charge in [0.2, 0.25) is 12.2 Å². The van der Waals surface area contributed by atoms with Crippen molar-refractivity contribution < 1.29 is 35.9 Å². The third-order valence-electron chi connectivity index (χ3n) is 4.15. The number of hydrogen-bond donors (Lipinski definition) is 0. The highest BCUT2D eigenvalue weighted by atomic mass is 19.4. The summed E-state index contributed by atoms with van der Waals surface area (Å²) in [6, 6.07) is 4.10. The molecule has 138 valence electrons. The SMILES string of the molecule is CC(=O)N1CC(F)C(Cc2ccc(C(=O)C(F)(F)F)cc2)C(F)C1F. The minimum Gasteiger partial charge on any atom is -0.307 e. The van der Waals surface area contributed by atoms with E-state index in [9.17, 15) is 35.9 Å². The summed E-state index contributed by atoms with van der Waals surface area (Å²) >= 11 is 0. The number of carbonyl (C=O) groups excluding carboxylic acids is 2. The lowest BCUT2D eigenvalue weighted by Gasteiger charge is -2.39. The number of amides is 1. The van der Waals surface area contributed by atoms with E-state index < -0.39 is 54.5 Å². The number of alkyl halides is 6. The molecule has 0 bridgehead atoms. The van der Waals surface area contributed by atoms with E-state index in [1.165, 1.54) is 0 Å². The minimum atomic E-state index is -5.02. The maximum Gasteiger partial charge on any atom is 0.454 e. The second kappa shape index (κ2) is 7.05. The average Bonchev–Trinajstić information content (AvgIpc) is 2.53. The standard InChI is InChI=1S/C16H15F6NO2/c1-8(24)23-7-12(17)11(13(18)15(23)19)6-9-2-4-10(5-3-9)14(25)16(20,21)22/h2-5,11-13,15H,6-7H2,1H3. The molecule has 1 heterocycles. The van der Waals surface area contributed by atoms with Crippen molar-refractivity contribution in [3.63, 3.8) is 0 Å². The first-order valence-corrected chi connectivity index (χ1v) is 7.42. The Labute approximate surface area is 139 Å². The van der Waals surface area contributed by atoms with Crippen molar-refractivity contribution in [1.29, 1.82) is 0 Å². The van der Waals surface area contributed by atoms with Gasteiger partial charge in [0.1, 0.15) is 6.17 Å². The quantitative estimate of drug-likeness (QED) is 0.466. The van der Waals surface area contributed by atoms with Crippen molar-refractivity contribution in [2.75, 3.05) is 6.54 Å². The van der Waals surface area contributed by atoms with E-state index in [-0.39, 0.29) is 12.0 Å². The number of halogens is 6. The zero-order valence-electron chi connectivity index (χ0n) is 13.1. The number of ketones is 1. The van der Waals surface area contributed by atoms with Gasteiger partial charge >= 0.3 is 6.18 Å². The van der Waals surface area contributed by atoms with Gasteiger partial charge in [-0.2, -0.15) is 13.2 Å². The van der Waals surface area contributed by atoms with Crippen LogP contribution >= 0.6 is 0 Å². The van der Waals surface area contributed by atoms with Crippen LogP contribution < -0.4 is 0 Å². The van der Waals surface area contributed by atoms with E-state index in [2.05, 4.69) is 0 Å². The molecule has 1 amide bonds. The molecule has 4 unspecified atom stereocenters. The first-order valence-electron chi connectivity index (χ1n) is 7.42. The third kappa shape index (κ3) is 4.13. The monoisotopic (exact) mass is 367 g/mol. The summed E-state index contributed by atoms with van der Waals surface area (Å²) in [6.07, 6.45) is -11.6. The number of Topliss-reactive ketones (excluding diaryl/α,β-unsaturated/α-hetero) is 1. The number of rotatable bonds is 3. The zero-order valence-corrected chi connectivity index (χ0v) is 13.1. The highest BCUT2D eigenvalue weighted by Gasteiger charge is 2.46. The molecule has 0 spiro atoms. The third-order valence-corrected chi connectivity index (χ3v) is 4.15. The molecule has 0 saturated carbocycles. The maximum atomic E-state index is 14.1. The molecular formula is C16H15F6NO2. The van der Waals surface area contributed by atoms with E-state index in [1.54, 1.807) is 0 Å². The van der Waals surface area contributed by atoms with Crippen LogP contribution in [0.4, 0.5) is 26.3 Å². The van der Waals surface area contributed by atoms with Crippen LogP contribution in [-0.4, -0.2) is 48.0 Å². The predicted octanol–water partition coefficient (Wildman–Crippen LogP) is 3.42. The van der Waals surface area contributed by atoms with Gasteiger partial charge in [-0.25, -0.2) is 13.2 Å². The predicted molar refractivity (Wildman–Crippen MR) is 76.1 cm³/mol. The molecule has 1 aromatic carbocycles. The molecule has 4 atom stereocenters. The second-order valence-electron chi connectivity index (χ2n) is 5.90. The highest BCUT2D eigenvalue weighted by Crippen LogP contribution is 2.32. The summed E-state index contributed by atoms with van der Waals surface area (Å²) in [7, 11) is 0. The van der Waals surface area contributed by atoms with Crippen LogP contribution in [0.3, 0.4) is 0 Å². The lowest BCUT2D eigenvalue weighted by atomic mass is 9.86. The molecule has 2 rings (SSSR count). The van der Waals surface area contributed by atoms with Crippen LogP contribution in [0.5, 0.6) is 0 Å². The van der Waals surface area contributed by atoms with Crippen molar-refractivity contribution in [3.8, 4) is 0 Å². The number of hydrogen-bond acceptors (Lipinski definition) is 2. The van der Waals surface area contributed by atoms with E-state index >= 15 is 0 Å². The summed E-state index contributed by atoms with van der Waals surface area (Å²) in [4.78, 5) is 22.7. The van der Waals surface area contributed by atoms with Crippen LogP contribution in [-0.2, 0) is 11.2 Å². The molecule has 9 heteroatoms. The van der Waals surface area contributed by atoms with Gasteiger partial charge in [0.15, 0.2) is 6.17 Å². The summed E-state index contributed by atoms with van der Waals surface area (Å²) in [6.45, 7) is 0.412. The fraction of sp³-hybridized carbons (Fsp3) is 0.500. The van der Waals surface area contributed by atoms with Gasteiger partial charge in [0.25, 0.3) is 5.78 Å². The molecule has 1 aliphatic heterocycles. The first-order chi connectivity index (χ1) is 11.5. The van der Waals surface area contributed by atoms with Crippen LogP contribution in [0.15, 0.2) is 24.3 Å². The zero-order chi connectivity index (χ0) is 18.9. The molecule has 1 aliphatic rings. The Hall–Kier alpha value is -2.06. The minimum absolute atomic E-state index is 0.262. The fourth-order valence-corrected chi connectivity index (χ4v) is 2.77. The van der Waals surface area contributed by atoms with Crippen molar-refractivity contribution in [2.45, 2.75) is 38.2 Å². The van der Waals surface area contributed by atoms with Crippen molar-refractivity contribution >= 4 is 11.7 Å². The van der Waals surface area contributed by atoms with Gasteiger partial charge in [-0.05, 0) is 12.0 Å². The Morgan fingerprint density at radius 2 is 1.68 bits per heavy atom. The second-order valence-corrected chi connectivity index (χ2v) is 5.90.